The van der Waals surface area contributed by atoms with Crippen LogP contribution in [-0.4, -0.2) is 17.3 Å². The minimum atomic E-state index is -0.766. The summed E-state index contributed by atoms with van der Waals surface area (Å²) >= 11 is 0. The molecule has 28 heavy (non-hydrogen) atoms. The highest BCUT2D eigenvalue weighted by Crippen LogP contribution is 2.39. The predicted molar refractivity (Wildman–Crippen MR) is 106 cm³/mol. The Hall–Kier alpha value is -3.61. The second-order valence-corrected chi connectivity index (χ2v) is 6.51. The number of rotatable bonds is 5. The summed E-state index contributed by atoms with van der Waals surface area (Å²) in [6.45, 7) is 3.79. The molecule has 0 amide bonds. The van der Waals surface area contributed by atoms with Crippen molar-refractivity contribution in [2.45, 2.75) is 20.3 Å². The van der Waals surface area contributed by atoms with Crippen LogP contribution in [0.15, 0.2) is 56.4 Å². The van der Waals surface area contributed by atoms with Crippen LogP contribution in [0, 0.1) is 4.91 Å². The van der Waals surface area contributed by atoms with Crippen LogP contribution < -0.4 is 10.2 Å². The number of methoxy groups -OCH3 is 1. The number of nitrogens with zero attached hydrogens (tertiary/aromatic N) is 1. The first-order valence-corrected chi connectivity index (χ1v) is 8.53. The fourth-order valence-electron chi connectivity index (χ4n) is 2.90. The topological polar surface area (TPSA) is 109 Å². The second kappa shape index (κ2) is 7.56. The fourth-order valence-corrected chi connectivity index (χ4v) is 2.90. The Morgan fingerprint density at radius 1 is 1.18 bits per heavy atom. The molecule has 0 radical (unpaired) electrons. The summed E-state index contributed by atoms with van der Waals surface area (Å²) in [6.07, 6.45) is 2.13. The lowest BCUT2D eigenvalue weighted by Crippen LogP contribution is -2.05. The molecule has 0 unspecified atom stereocenters. The first kappa shape index (κ1) is 19.2. The van der Waals surface area contributed by atoms with Gasteiger partial charge in [-0.3, -0.25) is 4.79 Å². The van der Waals surface area contributed by atoms with Gasteiger partial charge >= 0.3 is 0 Å². The first-order valence-electron chi connectivity index (χ1n) is 8.53. The monoisotopic (exact) mass is 381 g/mol. The SMILES string of the molecule is COc1ccc(-c2oc3c(CC=C(C)C)c(O)cc(O)c3c(=O)c2N=O)cc1. The molecule has 0 aliphatic rings. The Labute approximate surface area is 160 Å². The third-order valence-electron chi connectivity index (χ3n) is 4.36. The molecule has 7 nitrogen and oxygen atoms in total. The summed E-state index contributed by atoms with van der Waals surface area (Å²) in [4.78, 5) is 24.3. The van der Waals surface area contributed by atoms with Crippen LogP contribution in [0.4, 0.5) is 5.69 Å². The molecule has 3 rings (SSSR count). The first-order chi connectivity index (χ1) is 13.4. The summed E-state index contributed by atoms with van der Waals surface area (Å²) in [5.74, 6) is -0.142. The summed E-state index contributed by atoms with van der Waals surface area (Å²) in [5.41, 5.74) is 0.566. The van der Waals surface area contributed by atoms with Crippen LogP contribution in [0.3, 0.4) is 0 Å². The Balaban J connectivity index is 2.38. The van der Waals surface area contributed by atoms with E-state index < -0.39 is 16.9 Å². The molecule has 2 N–H and O–H groups in total. The maximum Gasteiger partial charge on any atom is 0.226 e. The highest BCUT2D eigenvalue weighted by Gasteiger charge is 2.23. The fraction of sp³-hybridized carbons (Fsp3) is 0.190. The number of ether oxygens (including phenoxy) is 1. The largest absolute Gasteiger partial charge is 0.507 e. The van der Waals surface area contributed by atoms with Gasteiger partial charge in [0.15, 0.2) is 11.4 Å². The maximum atomic E-state index is 12.9. The molecule has 7 heteroatoms. The summed E-state index contributed by atoms with van der Waals surface area (Å²) in [6, 6.07) is 7.61. The molecule has 0 saturated heterocycles. The Morgan fingerprint density at radius 2 is 1.86 bits per heavy atom. The highest BCUT2D eigenvalue weighted by molar-refractivity contribution is 5.92. The number of phenols is 2. The summed E-state index contributed by atoms with van der Waals surface area (Å²) in [7, 11) is 1.52. The van der Waals surface area contributed by atoms with E-state index in [4.69, 9.17) is 9.15 Å². The number of phenolic OH excluding ortho intramolecular Hbond substituents is 2. The minimum absolute atomic E-state index is 0.0122. The van der Waals surface area contributed by atoms with Gasteiger partial charge in [0.2, 0.25) is 5.43 Å². The quantitative estimate of drug-likeness (QED) is 0.486. The van der Waals surface area contributed by atoms with Gasteiger partial charge in [-0.2, -0.15) is 0 Å². The predicted octanol–water partition coefficient (Wildman–Crippen LogP) is 4.79. The number of hydrogen-bond donors (Lipinski definition) is 2. The van der Waals surface area contributed by atoms with E-state index in [1.165, 1.54) is 7.11 Å². The van der Waals surface area contributed by atoms with Crippen molar-refractivity contribution in [2.24, 2.45) is 5.18 Å². The van der Waals surface area contributed by atoms with Gasteiger partial charge in [-0.1, -0.05) is 11.6 Å². The number of hydrogen-bond acceptors (Lipinski definition) is 7. The minimum Gasteiger partial charge on any atom is -0.507 e. The number of aromatic hydroxyl groups is 2. The molecular formula is C21H19NO6. The molecule has 0 bridgehead atoms. The van der Waals surface area contributed by atoms with E-state index in [9.17, 15) is 19.9 Å². The van der Waals surface area contributed by atoms with Gasteiger partial charge < -0.3 is 19.4 Å². The van der Waals surface area contributed by atoms with Crippen molar-refractivity contribution < 1.29 is 19.4 Å². The van der Waals surface area contributed by atoms with Gasteiger partial charge in [-0.15, -0.1) is 4.91 Å². The number of benzene rings is 2. The molecule has 0 saturated carbocycles. The van der Waals surface area contributed by atoms with Crippen molar-refractivity contribution >= 4 is 16.7 Å². The molecular weight excluding hydrogens is 362 g/mol. The van der Waals surface area contributed by atoms with Crippen molar-refractivity contribution in [3.05, 3.63) is 62.7 Å². The number of fused-ring (bicyclic) bond motifs is 1. The molecule has 1 heterocycles. The van der Waals surface area contributed by atoms with E-state index in [-0.39, 0.29) is 28.9 Å². The molecule has 0 fully saturated rings. The van der Waals surface area contributed by atoms with Gasteiger partial charge in [0.25, 0.3) is 0 Å². The van der Waals surface area contributed by atoms with Crippen LogP contribution >= 0.6 is 0 Å². The third kappa shape index (κ3) is 3.34. The van der Waals surface area contributed by atoms with Crippen molar-refractivity contribution in [2.75, 3.05) is 7.11 Å². The van der Waals surface area contributed by atoms with Gasteiger partial charge in [-0.25, -0.2) is 0 Å². The highest BCUT2D eigenvalue weighted by atomic mass is 16.5. The van der Waals surface area contributed by atoms with Crippen LogP contribution in [0.2, 0.25) is 0 Å². The zero-order valence-corrected chi connectivity index (χ0v) is 15.6. The lowest BCUT2D eigenvalue weighted by Gasteiger charge is -2.11. The smallest absolute Gasteiger partial charge is 0.226 e. The second-order valence-electron chi connectivity index (χ2n) is 6.51. The normalized spacial score (nSPS) is 10.7. The van der Waals surface area contributed by atoms with Crippen LogP contribution in [-0.2, 0) is 6.42 Å². The summed E-state index contributed by atoms with van der Waals surface area (Å²) < 4.78 is 11.0. The zero-order valence-electron chi connectivity index (χ0n) is 15.6. The molecule has 0 aliphatic heterocycles. The van der Waals surface area contributed by atoms with Crippen molar-refractivity contribution in [1.29, 1.82) is 0 Å². The molecule has 0 atom stereocenters. The van der Waals surface area contributed by atoms with Crippen molar-refractivity contribution in [3.8, 4) is 28.6 Å². The van der Waals surface area contributed by atoms with Gasteiger partial charge in [-0.05, 0) is 49.7 Å². The molecule has 2 aromatic carbocycles. The average Bonchev–Trinajstić information content (AvgIpc) is 2.67. The average molecular weight is 381 g/mol. The van der Waals surface area contributed by atoms with Crippen LogP contribution in [0.1, 0.15) is 19.4 Å². The van der Waals surface area contributed by atoms with Crippen molar-refractivity contribution in [1.82, 2.24) is 0 Å². The number of allylic oxidation sites excluding steroid dienone is 2. The third-order valence-corrected chi connectivity index (χ3v) is 4.36. The lowest BCUT2D eigenvalue weighted by atomic mass is 10.0. The Kier molecular flexibility index (Phi) is 5.17. The number of nitroso groups, excluding NO2 is 1. The molecule has 3 aromatic rings. The van der Waals surface area contributed by atoms with Gasteiger partial charge in [0, 0.05) is 17.2 Å². The van der Waals surface area contributed by atoms with E-state index >= 15 is 0 Å². The van der Waals surface area contributed by atoms with E-state index in [0.29, 0.717) is 16.9 Å². The van der Waals surface area contributed by atoms with E-state index in [1.807, 2.05) is 19.9 Å². The van der Waals surface area contributed by atoms with Gasteiger partial charge in [0.05, 0.1) is 7.11 Å². The zero-order chi connectivity index (χ0) is 20.4. The maximum absolute atomic E-state index is 12.9. The molecule has 1 aromatic heterocycles. The molecule has 0 aliphatic carbocycles. The standard InChI is InChI=1S/C21H19NO6/c1-11(2)4-9-14-15(23)10-16(24)17-19(25)18(22-26)20(28-21(14)17)12-5-7-13(27-3)8-6-12/h4-8,10,23-24H,9H2,1-3H3. The Bertz CT molecular complexity index is 1140. The lowest BCUT2D eigenvalue weighted by molar-refractivity contribution is 0.415. The van der Waals surface area contributed by atoms with E-state index in [0.717, 1.165) is 11.6 Å². The molecule has 144 valence electrons. The molecule has 0 spiro atoms. The van der Waals surface area contributed by atoms with Crippen LogP contribution in [0.5, 0.6) is 17.2 Å². The van der Waals surface area contributed by atoms with Crippen molar-refractivity contribution in [3.63, 3.8) is 0 Å². The Morgan fingerprint density at radius 3 is 2.43 bits per heavy atom. The van der Waals surface area contributed by atoms with E-state index in [1.54, 1.807) is 24.3 Å². The van der Waals surface area contributed by atoms with Gasteiger partial charge in [0.1, 0.15) is 28.2 Å². The van der Waals surface area contributed by atoms with E-state index in [2.05, 4.69) is 5.18 Å². The summed E-state index contributed by atoms with van der Waals surface area (Å²) in [5, 5.41) is 23.1. The van der Waals surface area contributed by atoms with Crippen LogP contribution in [0.25, 0.3) is 22.3 Å².